The second-order valence-electron chi connectivity index (χ2n) is 12.3. The van der Waals surface area contributed by atoms with E-state index in [0.29, 0.717) is 11.1 Å². The van der Waals surface area contributed by atoms with Gasteiger partial charge in [0.2, 0.25) is 0 Å². The van der Waals surface area contributed by atoms with Crippen molar-refractivity contribution in [1.82, 2.24) is 0 Å². The number of ketones is 2. The van der Waals surface area contributed by atoms with Crippen molar-refractivity contribution >= 4 is 35.7 Å². The minimum absolute atomic E-state index is 0.0234. The summed E-state index contributed by atoms with van der Waals surface area (Å²) in [6, 6.07) is 16.2. The number of esters is 2. The minimum atomic E-state index is -4.82. The number of rotatable bonds is 20. The number of carbonyl (C=O) groups is 4. The lowest BCUT2D eigenvalue weighted by Gasteiger charge is -2.21. The third kappa shape index (κ3) is 12.1. The molecule has 324 valence electrons. The van der Waals surface area contributed by atoms with Gasteiger partial charge in [0.05, 0.1) is 25.3 Å². The van der Waals surface area contributed by atoms with Crippen LogP contribution in [0.2, 0.25) is 0 Å². The number of hydrogen-bond acceptors (Lipinski definition) is 12. The van der Waals surface area contributed by atoms with Crippen LogP contribution in [0.25, 0.3) is 12.2 Å². The normalized spacial score (nSPS) is 12.2. The second kappa shape index (κ2) is 20.0. The molecule has 61 heavy (non-hydrogen) atoms. The number of aliphatic hydroxyl groups is 2. The Hall–Kier alpha value is -6.80. The Morgan fingerprint density at radius 2 is 0.951 bits per heavy atom. The summed E-state index contributed by atoms with van der Waals surface area (Å²) < 4.78 is 132. The molecule has 0 amide bonds. The number of hydrogen-bond donors (Lipinski definition) is 2. The maximum Gasteiger partial charge on any atom is 0.461 e. The quantitative estimate of drug-likeness (QED) is 0.0295. The predicted octanol–water partition coefficient (Wildman–Crippen LogP) is 7.59. The highest BCUT2D eigenvalue weighted by Crippen LogP contribution is 2.36. The Labute approximate surface area is 340 Å². The van der Waals surface area contributed by atoms with E-state index in [2.05, 4.69) is 9.47 Å². The molecule has 0 fully saturated rings. The number of methoxy groups -OCH3 is 2. The average molecular weight is 869 g/mol. The van der Waals surface area contributed by atoms with Gasteiger partial charge in [-0.1, -0.05) is 36.4 Å². The first-order valence-electron chi connectivity index (χ1n) is 17.2. The molecule has 0 saturated carbocycles. The monoisotopic (exact) mass is 868 g/mol. The van der Waals surface area contributed by atoms with E-state index >= 15 is 0 Å². The Kier molecular flexibility index (Phi) is 15.3. The van der Waals surface area contributed by atoms with Gasteiger partial charge >= 0.3 is 37.0 Å². The first kappa shape index (κ1) is 46.9. The van der Waals surface area contributed by atoms with Crippen molar-refractivity contribution < 1.29 is 92.9 Å². The summed E-state index contributed by atoms with van der Waals surface area (Å²) in [6.45, 7) is -0.761. The highest BCUT2D eigenvalue weighted by Gasteiger charge is 2.45. The first-order chi connectivity index (χ1) is 28.7. The Balaban J connectivity index is 1.36. The van der Waals surface area contributed by atoms with Crippen molar-refractivity contribution in [3.63, 3.8) is 0 Å². The lowest BCUT2D eigenvalue weighted by Crippen LogP contribution is -2.45. The van der Waals surface area contributed by atoms with Crippen molar-refractivity contribution in [3.05, 3.63) is 119 Å². The zero-order valence-electron chi connectivity index (χ0n) is 31.5. The van der Waals surface area contributed by atoms with Crippen molar-refractivity contribution in [3.8, 4) is 34.5 Å². The average Bonchev–Trinajstić information content (AvgIpc) is 3.22. The molecule has 0 aromatic heterocycles. The number of aliphatic hydroxyl groups excluding tert-OH is 1. The Bertz CT molecular complexity index is 2110. The maximum absolute atomic E-state index is 13.4. The fourth-order valence-corrected chi connectivity index (χ4v) is 4.92. The van der Waals surface area contributed by atoms with Gasteiger partial charge in [0.25, 0.3) is 0 Å². The molecule has 20 heteroatoms. The first-order valence-corrected chi connectivity index (χ1v) is 17.2. The fourth-order valence-electron chi connectivity index (χ4n) is 4.92. The summed E-state index contributed by atoms with van der Waals surface area (Å²) in [5.74, 6) is -6.66. The number of alkyl halides is 8. The molecule has 4 aromatic carbocycles. The summed E-state index contributed by atoms with van der Waals surface area (Å²) in [5, 5.41) is 20.5. The second-order valence-corrected chi connectivity index (χ2v) is 12.3. The SMILES string of the molecule is COc1cc(C(=O)Oc2ccc(/C=C/C(=O)C(O)(CCO)C(=O)/C=C/c3ccc(OC(=O)c4ccc(OC(F)(F)C(F)F)c(OC)c4)cc3)cc2)ccc1OC(F)(F)C(F)F. The summed E-state index contributed by atoms with van der Waals surface area (Å²) in [4.78, 5) is 51.4. The van der Waals surface area contributed by atoms with Gasteiger partial charge in [-0.3, -0.25) is 9.59 Å². The van der Waals surface area contributed by atoms with Gasteiger partial charge in [0, 0.05) is 13.0 Å². The van der Waals surface area contributed by atoms with Gasteiger partial charge in [0.1, 0.15) is 11.5 Å². The van der Waals surface area contributed by atoms with E-state index in [1.165, 1.54) is 60.7 Å². The van der Waals surface area contributed by atoms with Crippen LogP contribution < -0.4 is 28.4 Å². The van der Waals surface area contributed by atoms with Crippen LogP contribution in [-0.4, -0.2) is 85.2 Å². The van der Waals surface area contributed by atoms with Crippen LogP contribution >= 0.6 is 0 Å². The van der Waals surface area contributed by atoms with Crippen LogP contribution in [0.1, 0.15) is 38.3 Å². The van der Waals surface area contributed by atoms with Crippen molar-refractivity contribution in [2.75, 3.05) is 20.8 Å². The molecule has 0 aliphatic heterocycles. The Morgan fingerprint density at radius 1 is 0.590 bits per heavy atom. The molecule has 0 unspecified atom stereocenters. The number of halogens is 8. The maximum atomic E-state index is 13.4. The third-order valence-electron chi connectivity index (χ3n) is 8.12. The zero-order valence-corrected chi connectivity index (χ0v) is 31.5. The highest BCUT2D eigenvalue weighted by atomic mass is 19.3. The van der Waals surface area contributed by atoms with E-state index in [1.807, 2.05) is 0 Å². The molecule has 4 aromatic rings. The molecule has 0 bridgehead atoms. The van der Waals surface area contributed by atoms with E-state index in [1.54, 1.807) is 0 Å². The lowest BCUT2D eigenvalue weighted by molar-refractivity contribution is -0.253. The van der Waals surface area contributed by atoms with Gasteiger partial charge in [-0.25, -0.2) is 9.59 Å². The zero-order chi connectivity index (χ0) is 45.1. The molecular formula is C41H32F8O12. The van der Waals surface area contributed by atoms with Gasteiger partial charge in [-0.05, 0) is 83.9 Å². The topological polar surface area (TPSA) is 164 Å². The van der Waals surface area contributed by atoms with Crippen LogP contribution in [-0.2, 0) is 9.59 Å². The molecule has 0 aliphatic rings. The number of benzene rings is 4. The molecule has 2 N–H and O–H groups in total. The van der Waals surface area contributed by atoms with E-state index in [0.717, 1.165) is 62.8 Å². The smallest absolute Gasteiger partial charge is 0.461 e. The van der Waals surface area contributed by atoms with Crippen LogP contribution in [0.15, 0.2) is 97.1 Å². The van der Waals surface area contributed by atoms with Crippen LogP contribution in [0.4, 0.5) is 35.1 Å². The summed E-state index contributed by atoms with van der Waals surface area (Å²) in [7, 11) is 2.06. The predicted molar refractivity (Wildman–Crippen MR) is 197 cm³/mol. The Morgan fingerprint density at radius 3 is 1.26 bits per heavy atom. The lowest BCUT2D eigenvalue weighted by atomic mass is 9.88. The van der Waals surface area contributed by atoms with E-state index in [-0.39, 0.29) is 22.6 Å². The minimum Gasteiger partial charge on any atom is -0.493 e. The summed E-state index contributed by atoms with van der Waals surface area (Å²) in [6.07, 6.45) is -14.4. The van der Waals surface area contributed by atoms with Crippen molar-refractivity contribution in [2.24, 2.45) is 0 Å². The molecular weight excluding hydrogens is 836 g/mol. The standard InChI is InChI=1S/C41H32F8O12/c1-56-31-21-25(9-15-29(31)60-40(46,47)37(42)43)35(53)58-27-11-3-23(4-12-27)7-17-33(51)39(55,19-20-50)34(52)18-8-24-5-13-28(14-6-24)59-36(54)26-10-16-30(32(22-26)57-2)61-41(48,49)38(44)45/h3-18,21-22,37-38,50,55H,19-20H2,1-2H3/b17-7+,18-8+. The van der Waals surface area contributed by atoms with Gasteiger partial charge in [0.15, 0.2) is 40.2 Å². The third-order valence-corrected chi connectivity index (χ3v) is 8.12. The molecule has 0 spiro atoms. The molecule has 0 aliphatic carbocycles. The molecule has 4 rings (SSSR count). The molecule has 12 nitrogen and oxygen atoms in total. The van der Waals surface area contributed by atoms with Crippen molar-refractivity contribution in [2.45, 2.75) is 37.1 Å². The van der Waals surface area contributed by atoms with Gasteiger partial charge in [-0.2, -0.15) is 35.1 Å². The van der Waals surface area contributed by atoms with Crippen LogP contribution in [0.5, 0.6) is 34.5 Å². The van der Waals surface area contributed by atoms with Gasteiger partial charge in [-0.15, -0.1) is 0 Å². The van der Waals surface area contributed by atoms with E-state index in [4.69, 9.17) is 18.9 Å². The molecule has 0 radical (unpaired) electrons. The highest BCUT2D eigenvalue weighted by molar-refractivity contribution is 6.20. The molecule has 0 saturated heterocycles. The van der Waals surface area contributed by atoms with E-state index in [9.17, 15) is 64.5 Å². The summed E-state index contributed by atoms with van der Waals surface area (Å²) >= 11 is 0. The van der Waals surface area contributed by atoms with Gasteiger partial charge < -0.3 is 38.6 Å². The van der Waals surface area contributed by atoms with Crippen molar-refractivity contribution in [1.29, 1.82) is 0 Å². The van der Waals surface area contributed by atoms with Crippen LogP contribution in [0.3, 0.4) is 0 Å². The fraction of sp³-hybridized carbons (Fsp3) is 0.220. The number of carbonyl (C=O) groups excluding carboxylic acids is 4. The molecule has 0 heterocycles. The molecule has 0 atom stereocenters. The van der Waals surface area contributed by atoms with E-state index < -0.39 is 90.2 Å². The largest absolute Gasteiger partial charge is 0.493 e. The summed E-state index contributed by atoms with van der Waals surface area (Å²) in [5.41, 5.74) is -2.48. The van der Waals surface area contributed by atoms with Crippen LogP contribution in [0, 0.1) is 0 Å². The number of ether oxygens (including phenoxy) is 6.